The lowest BCUT2D eigenvalue weighted by molar-refractivity contribution is 0.373. The number of nitrogens with two attached hydrogens (primary N) is 1. The Balaban J connectivity index is 0.00000180. The van der Waals surface area contributed by atoms with Crippen molar-refractivity contribution in [3.63, 3.8) is 0 Å². The van der Waals surface area contributed by atoms with Gasteiger partial charge in [0.2, 0.25) is 10.0 Å². The van der Waals surface area contributed by atoms with E-state index < -0.39 is 21.4 Å². The van der Waals surface area contributed by atoms with Gasteiger partial charge in [0, 0.05) is 12.1 Å². The SMILES string of the molecule is CC(CN)(NS(=O)(=O)c1ccccc1F)C1CC1.Cl. The molecule has 0 spiro atoms. The van der Waals surface area contributed by atoms with Gasteiger partial charge in [-0.2, -0.15) is 0 Å². The highest BCUT2D eigenvalue weighted by Gasteiger charge is 2.43. The highest BCUT2D eigenvalue weighted by Crippen LogP contribution is 2.39. The number of benzene rings is 1. The minimum atomic E-state index is -3.87. The summed E-state index contributed by atoms with van der Waals surface area (Å²) in [5.41, 5.74) is 4.96. The summed E-state index contributed by atoms with van der Waals surface area (Å²) in [7, 11) is -3.87. The Hall–Kier alpha value is -0.690. The summed E-state index contributed by atoms with van der Waals surface area (Å²) in [6.45, 7) is 1.97. The van der Waals surface area contributed by atoms with Crippen LogP contribution in [0.1, 0.15) is 19.8 Å². The first-order chi connectivity index (χ1) is 8.39. The van der Waals surface area contributed by atoms with Crippen LogP contribution in [0.5, 0.6) is 0 Å². The largest absolute Gasteiger partial charge is 0.329 e. The fraction of sp³-hybridized carbons (Fsp3) is 0.500. The predicted molar refractivity (Wildman–Crippen MR) is 74.2 cm³/mol. The number of sulfonamides is 1. The van der Waals surface area contributed by atoms with Crippen molar-refractivity contribution in [2.24, 2.45) is 11.7 Å². The van der Waals surface area contributed by atoms with Crippen molar-refractivity contribution in [2.45, 2.75) is 30.2 Å². The molecule has 0 aromatic heterocycles. The van der Waals surface area contributed by atoms with Crippen LogP contribution >= 0.6 is 12.4 Å². The molecular formula is C12H18ClFN2O2S. The molecule has 1 unspecified atom stereocenters. The maximum absolute atomic E-state index is 13.5. The molecule has 3 N–H and O–H groups in total. The van der Waals surface area contributed by atoms with Gasteiger partial charge in [-0.25, -0.2) is 17.5 Å². The number of hydrogen-bond donors (Lipinski definition) is 2. The van der Waals surface area contributed by atoms with E-state index in [4.69, 9.17) is 5.73 Å². The zero-order valence-corrected chi connectivity index (χ0v) is 12.2. The van der Waals surface area contributed by atoms with Crippen molar-refractivity contribution in [1.82, 2.24) is 4.72 Å². The van der Waals surface area contributed by atoms with Crippen molar-refractivity contribution in [3.05, 3.63) is 30.1 Å². The van der Waals surface area contributed by atoms with Gasteiger partial charge in [0.1, 0.15) is 10.7 Å². The van der Waals surface area contributed by atoms with Crippen molar-refractivity contribution in [2.75, 3.05) is 6.54 Å². The molecule has 1 atom stereocenters. The quantitative estimate of drug-likeness (QED) is 0.869. The summed E-state index contributed by atoms with van der Waals surface area (Å²) in [4.78, 5) is -0.328. The molecule has 2 rings (SSSR count). The normalized spacial score (nSPS) is 18.5. The second kappa shape index (κ2) is 5.75. The van der Waals surface area contributed by atoms with Crippen molar-refractivity contribution >= 4 is 22.4 Å². The van der Waals surface area contributed by atoms with Gasteiger partial charge < -0.3 is 5.73 Å². The average molecular weight is 309 g/mol. The van der Waals surface area contributed by atoms with E-state index in [1.54, 1.807) is 6.92 Å². The molecular weight excluding hydrogens is 291 g/mol. The third-order valence-corrected chi connectivity index (χ3v) is 5.04. The van der Waals surface area contributed by atoms with E-state index in [1.807, 2.05) is 0 Å². The molecule has 1 aliphatic carbocycles. The molecule has 0 aliphatic heterocycles. The summed E-state index contributed by atoms with van der Waals surface area (Å²) >= 11 is 0. The van der Waals surface area contributed by atoms with Crippen LogP contribution in [0, 0.1) is 11.7 Å². The first-order valence-electron chi connectivity index (χ1n) is 5.87. The van der Waals surface area contributed by atoms with Crippen LogP contribution < -0.4 is 10.5 Å². The summed E-state index contributed by atoms with van der Waals surface area (Å²) in [5, 5.41) is 0. The lowest BCUT2D eigenvalue weighted by Crippen LogP contribution is -2.53. The Kier molecular flexibility index (Phi) is 4.95. The van der Waals surface area contributed by atoms with Gasteiger partial charge in [0.05, 0.1) is 0 Å². The Labute approximate surface area is 119 Å². The molecule has 4 nitrogen and oxygen atoms in total. The van der Waals surface area contributed by atoms with Crippen molar-refractivity contribution in [3.8, 4) is 0 Å². The summed E-state index contributed by atoms with van der Waals surface area (Å²) in [6.07, 6.45) is 1.90. The molecule has 1 aromatic rings. The lowest BCUT2D eigenvalue weighted by Gasteiger charge is -2.29. The third kappa shape index (κ3) is 3.45. The summed E-state index contributed by atoms with van der Waals surface area (Å²) < 4.78 is 40.4. The van der Waals surface area contributed by atoms with E-state index in [9.17, 15) is 12.8 Å². The van der Waals surface area contributed by atoms with E-state index in [0.29, 0.717) is 0 Å². The number of nitrogens with one attached hydrogen (secondary N) is 1. The molecule has 1 aliphatic rings. The van der Waals surface area contributed by atoms with E-state index >= 15 is 0 Å². The molecule has 0 heterocycles. The first kappa shape index (κ1) is 16.4. The molecule has 108 valence electrons. The molecule has 0 radical (unpaired) electrons. The average Bonchev–Trinajstić information content (AvgIpc) is 3.12. The van der Waals surface area contributed by atoms with E-state index in [-0.39, 0.29) is 29.8 Å². The van der Waals surface area contributed by atoms with Crippen LogP contribution in [0.15, 0.2) is 29.2 Å². The van der Waals surface area contributed by atoms with E-state index in [2.05, 4.69) is 4.72 Å². The summed E-state index contributed by atoms with van der Waals surface area (Å²) in [5.74, 6) is -0.510. The molecule has 0 amide bonds. The predicted octanol–water partition coefficient (Wildman–Crippen LogP) is 1.65. The molecule has 1 aromatic carbocycles. The van der Waals surface area contributed by atoms with E-state index in [0.717, 1.165) is 18.9 Å². The van der Waals surface area contributed by atoms with Crippen LogP contribution in [0.25, 0.3) is 0 Å². The van der Waals surface area contributed by atoms with E-state index in [1.165, 1.54) is 18.2 Å². The zero-order valence-electron chi connectivity index (χ0n) is 10.6. The maximum atomic E-state index is 13.5. The van der Waals surface area contributed by atoms with Gasteiger partial charge in [-0.3, -0.25) is 0 Å². The van der Waals surface area contributed by atoms with Crippen LogP contribution in [-0.4, -0.2) is 20.5 Å². The van der Waals surface area contributed by atoms with Crippen LogP contribution in [0.3, 0.4) is 0 Å². The van der Waals surface area contributed by atoms with Gasteiger partial charge in [-0.1, -0.05) is 12.1 Å². The Morgan fingerprint density at radius 2 is 2.00 bits per heavy atom. The molecule has 1 fully saturated rings. The minimum Gasteiger partial charge on any atom is -0.329 e. The molecule has 0 saturated heterocycles. The van der Waals surface area contributed by atoms with Crippen LogP contribution in [-0.2, 0) is 10.0 Å². The van der Waals surface area contributed by atoms with Gasteiger partial charge in [-0.05, 0) is 37.8 Å². The van der Waals surface area contributed by atoms with Crippen LogP contribution in [0.2, 0.25) is 0 Å². The van der Waals surface area contributed by atoms with Gasteiger partial charge in [-0.15, -0.1) is 12.4 Å². The monoisotopic (exact) mass is 308 g/mol. The fourth-order valence-corrected chi connectivity index (χ4v) is 3.59. The van der Waals surface area contributed by atoms with Gasteiger partial charge in [0.25, 0.3) is 0 Å². The summed E-state index contributed by atoms with van der Waals surface area (Å²) in [6, 6.07) is 5.33. The minimum absolute atomic E-state index is 0. The number of rotatable bonds is 5. The highest BCUT2D eigenvalue weighted by molar-refractivity contribution is 7.89. The Morgan fingerprint density at radius 1 is 1.42 bits per heavy atom. The Morgan fingerprint density at radius 3 is 2.47 bits per heavy atom. The molecule has 7 heteroatoms. The van der Waals surface area contributed by atoms with Gasteiger partial charge >= 0.3 is 0 Å². The zero-order chi connectivity index (χ0) is 13.4. The van der Waals surface area contributed by atoms with Crippen molar-refractivity contribution < 1.29 is 12.8 Å². The molecule has 1 saturated carbocycles. The highest BCUT2D eigenvalue weighted by atomic mass is 35.5. The first-order valence-corrected chi connectivity index (χ1v) is 7.36. The topological polar surface area (TPSA) is 72.2 Å². The smallest absolute Gasteiger partial charge is 0.244 e. The number of hydrogen-bond acceptors (Lipinski definition) is 3. The molecule has 19 heavy (non-hydrogen) atoms. The fourth-order valence-electron chi connectivity index (χ4n) is 2.04. The Bertz CT molecular complexity index is 548. The second-order valence-electron chi connectivity index (χ2n) is 4.93. The lowest BCUT2D eigenvalue weighted by atomic mass is 9.98. The van der Waals surface area contributed by atoms with Gasteiger partial charge in [0.15, 0.2) is 0 Å². The second-order valence-corrected chi connectivity index (χ2v) is 6.58. The van der Waals surface area contributed by atoms with Crippen molar-refractivity contribution in [1.29, 1.82) is 0 Å². The standard InChI is InChI=1S/C12H17FN2O2S.ClH/c1-12(8-14,9-6-7-9)15-18(16,17)11-5-3-2-4-10(11)13;/h2-5,9,15H,6-8,14H2,1H3;1H. The third-order valence-electron chi connectivity index (χ3n) is 3.40. The van der Waals surface area contributed by atoms with Crippen LogP contribution in [0.4, 0.5) is 4.39 Å². The maximum Gasteiger partial charge on any atom is 0.244 e. The molecule has 0 bridgehead atoms. The number of halogens is 2.